The third-order valence-corrected chi connectivity index (χ3v) is 6.12. The highest BCUT2D eigenvalue weighted by Crippen LogP contribution is 2.35. The quantitative estimate of drug-likeness (QED) is 0.540. The van der Waals surface area contributed by atoms with Gasteiger partial charge in [0, 0.05) is 29.0 Å². The Balaban J connectivity index is 1.56. The summed E-state index contributed by atoms with van der Waals surface area (Å²) in [6, 6.07) is 14.0. The number of benzene rings is 2. The lowest BCUT2D eigenvalue weighted by Crippen LogP contribution is -2.45. The van der Waals surface area contributed by atoms with Crippen molar-refractivity contribution in [3.05, 3.63) is 64.4 Å². The normalized spacial score (nSPS) is 15.6. The van der Waals surface area contributed by atoms with E-state index in [0.717, 1.165) is 11.1 Å². The van der Waals surface area contributed by atoms with Gasteiger partial charge >= 0.3 is 0 Å². The third kappa shape index (κ3) is 5.49. The number of nitriles is 1. The van der Waals surface area contributed by atoms with E-state index in [1.165, 1.54) is 12.1 Å². The van der Waals surface area contributed by atoms with E-state index in [-0.39, 0.29) is 18.3 Å². The van der Waals surface area contributed by atoms with Gasteiger partial charge in [0.15, 0.2) is 6.61 Å². The lowest BCUT2D eigenvalue weighted by atomic mass is 9.75. The van der Waals surface area contributed by atoms with E-state index < -0.39 is 5.41 Å². The van der Waals surface area contributed by atoms with Crippen LogP contribution in [0, 0.1) is 22.6 Å². The monoisotopic (exact) mass is 478 g/mol. The lowest BCUT2D eigenvalue weighted by molar-refractivity contribution is -0.135. The Morgan fingerprint density at radius 3 is 2.55 bits per heavy atom. The van der Waals surface area contributed by atoms with Gasteiger partial charge < -0.3 is 9.64 Å². The number of piperidine rings is 1. The highest BCUT2D eigenvalue weighted by Gasteiger charge is 2.36. The number of nitrogens with zero attached hydrogens (tertiary/aromatic N) is 2. The molecule has 0 radical (unpaired) electrons. The fourth-order valence-electron chi connectivity index (χ4n) is 3.53. The second-order valence-corrected chi connectivity index (χ2v) is 8.25. The molecule has 3 rings (SSSR count). The van der Waals surface area contributed by atoms with Crippen molar-refractivity contribution in [1.82, 2.24) is 4.90 Å². The first kappa shape index (κ1) is 21.6. The Morgan fingerprint density at radius 2 is 1.93 bits per heavy atom. The Hall–Kier alpha value is -2.10. The van der Waals surface area contributed by atoms with E-state index in [9.17, 15) is 14.4 Å². The second kappa shape index (κ2) is 9.60. The topological polar surface area (TPSA) is 53.3 Å². The molecule has 7 heteroatoms. The largest absolute Gasteiger partial charge is 0.483 e. The maximum absolute atomic E-state index is 13.1. The first-order chi connectivity index (χ1) is 13.9. The minimum atomic E-state index is -0.533. The van der Waals surface area contributed by atoms with Gasteiger partial charge in [-0.2, -0.15) is 5.26 Å². The average Bonchev–Trinajstić information content (AvgIpc) is 2.74. The van der Waals surface area contributed by atoms with Crippen LogP contribution in [-0.2, 0) is 16.5 Å². The van der Waals surface area contributed by atoms with Gasteiger partial charge in [0.05, 0.1) is 11.5 Å². The Morgan fingerprint density at radius 1 is 1.24 bits per heavy atom. The summed E-state index contributed by atoms with van der Waals surface area (Å²) in [5, 5.41) is 10.9. The summed E-state index contributed by atoms with van der Waals surface area (Å²) >= 11 is 9.38. The van der Waals surface area contributed by atoms with Crippen LogP contribution in [0.5, 0.6) is 5.75 Å². The van der Waals surface area contributed by atoms with E-state index >= 15 is 0 Å². The van der Waals surface area contributed by atoms with Gasteiger partial charge in [-0.1, -0.05) is 39.7 Å². The molecule has 29 heavy (non-hydrogen) atoms. The summed E-state index contributed by atoms with van der Waals surface area (Å²) in [5.74, 6) is 0.233. The number of hydrogen-bond donors (Lipinski definition) is 0. The van der Waals surface area contributed by atoms with Gasteiger partial charge in [-0.05, 0) is 55.2 Å². The van der Waals surface area contributed by atoms with Crippen molar-refractivity contribution in [1.29, 1.82) is 5.26 Å². The molecule has 4 nitrogen and oxygen atoms in total. The fourth-order valence-corrected chi connectivity index (χ4v) is 4.16. The number of rotatable bonds is 6. The summed E-state index contributed by atoms with van der Waals surface area (Å²) < 4.78 is 18.8. The number of alkyl halides is 1. The molecule has 0 aliphatic carbocycles. The summed E-state index contributed by atoms with van der Waals surface area (Å²) in [7, 11) is 0. The molecular formula is C22H21BrClFN2O2. The van der Waals surface area contributed by atoms with Crippen molar-refractivity contribution in [2.75, 3.05) is 19.7 Å². The van der Waals surface area contributed by atoms with Crippen molar-refractivity contribution in [3.8, 4) is 11.8 Å². The minimum absolute atomic E-state index is 0.0564. The molecule has 1 heterocycles. The zero-order valence-electron chi connectivity index (χ0n) is 15.8. The first-order valence-corrected chi connectivity index (χ1v) is 10.9. The summed E-state index contributed by atoms with van der Waals surface area (Å²) in [6.45, 7) is 0.949. The smallest absolute Gasteiger partial charge is 0.260 e. The Bertz CT molecular complexity index is 906. The summed E-state index contributed by atoms with van der Waals surface area (Å²) in [6.07, 6.45) is 1.72. The van der Waals surface area contributed by atoms with E-state index in [4.69, 9.17) is 16.3 Å². The molecule has 0 N–H and O–H groups in total. The predicted octanol–water partition coefficient (Wildman–Crippen LogP) is 5.13. The Kier molecular flexibility index (Phi) is 7.15. The highest BCUT2D eigenvalue weighted by molar-refractivity contribution is 9.08. The fraction of sp³-hybridized carbons (Fsp3) is 0.364. The molecule has 0 aromatic heterocycles. The third-order valence-electron chi connectivity index (χ3n) is 5.28. The van der Waals surface area contributed by atoms with Crippen molar-refractivity contribution in [2.24, 2.45) is 5.41 Å². The number of amides is 1. The van der Waals surface area contributed by atoms with Crippen LogP contribution in [0.2, 0.25) is 5.02 Å². The second-order valence-electron chi connectivity index (χ2n) is 7.25. The van der Waals surface area contributed by atoms with Crippen LogP contribution in [0.25, 0.3) is 0 Å². The van der Waals surface area contributed by atoms with Crippen molar-refractivity contribution in [3.63, 3.8) is 0 Å². The maximum atomic E-state index is 13.1. The molecule has 152 valence electrons. The molecule has 2 aromatic carbocycles. The zero-order valence-corrected chi connectivity index (χ0v) is 18.2. The van der Waals surface area contributed by atoms with Gasteiger partial charge in [-0.3, -0.25) is 4.79 Å². The molecular weight excluding hydrogens is 459 g/mol. The molecule has 0 atom stereocenters. The van der Waals surface area contributed by atoms with E-state index in [1.807, 2.05) is 0 Å². The molecule has 0 unspecified atom stereocenters. The molecule has 1 amide bonds. The van der Waals surface area contributed by atoms with Gasteiger partial charge in [0.1, 0.15) is 11.6 Å². The van der Waals surface area contributed by atoms with E-state index in [0.29, 0.717) is 48.5 Å². The molecule has 1 fully saturated rings. The predicted molar refractivity (Wildman–Crippen MR) is 114 cm³/mol. The Labute approximate surface area is 183 Å². The number of halogens is 3. The van der Waals surface area contributed by atoms with Crippen LogP contribution < -0.4 is 4.74 Å². The van der Waals surface area contributed by atoms with Crippen LogP contribution in [0.3, 0.4) is 0 Å². The lowest BCUT2D eigenvalue weighted by Gasteiger charge is -2.37. The van der Waals surface area contributed by atoms with Crippen molar-refractivity contribution < 1.29 is 13.9 Å². The molecule has 0 bridgehead atoms. The highest BCUT2D eigenvalue weighted by atomic mass is 79.9. The summed E-state index contributed by atoms with van der Waals surface area (Å²) in [4.78, 5) is 14.3. The van der Waals surface area contributed by atoms with E-state index in [1.54, 1.807) is 35.2 Å². The van der Waals surface area contributed by atoms with Gasteiger partial charge in [-0.25, -0.2) is 4.39 Å². The van der Waals surface area contributed by atoms with Crippen molar-refractivity contribution in [2.45, 2.75) is 24.6 Å². The molecule has 0 spiro atoms. The van der Waals surface area contributed by atoms with Crippen LogP contribution in [-0.4, -0.2) is 30.5 Å². The SMILES string of the molecule is N#CC1(Cc2ccc(F)cc2)CCN(C(=O)COc2ccc(Cl)cc2CBr)CC1. The maximum Gasteiger partial charge on any atom is 0.260 e. The van der Waals surface area contributed by atoms with Crippen LogP contribution in [0.15, 0.2) is 42.5 Å². The molecule has 1 aliphatic heterocycles. The molecule has 1 saturated heterocycles. The zero-order chi connectivity index (χ0) is 20.9. The number of ether oxygens (including phenoxy) is 1. The summed E-state index contributed by atoms with van der Waals surface area (Å²) in [5.41, 5.74) is 1.28. The van der Waals surface area contributed by atoms with Crippen LogP contribution >= 0.6 is 27.5 Å². The number of carbonyl (C=O) groups excluding carboxylic acids is 1. The van der Waals surface area contributed by atoms with Gasteiger partial charge in [0.2, 0.25) is 0 Å². The number of hydrogen-bond acceptors (Lipinski definition) is 3. The molecule has 0 saturated carbocycles. The average molecular weight is 480 g/mol. The van der Waals surface area contributed by atoms with Crippen LogP contribution in [0.4, 0.5) is 4.39 Å². The van der Waals surface area contributed by atoms with Gasteiger partial charge in [-0.15, -0.1) is 0 Å². The standard InChI is InChI=1S/C22H21BrClFN2O2/c23-13-17-11-18(24)3-6-20(17)29-14-21(28)27-9-7-22(15-26,8-10-27)12-16-1-4-19(25)5-2-16/h1-6,11H,7-10,12-14H2. The number of carbonyl (C=O) groups is 1. The molecule has 1 aliphatic rings. The number of likely N-dealkylation sites (tertiary alicyclic amines) is 1. The minimum Gasteiger partial charge on any atom is -0.483 e. The van der Waals surface area contributed by atoms with Crippen molar-refractivity contribution >= 4 is 33.4 Å². The first-order valence-electron chi connectivity index (χ1n) is 9.35. The van der Waals surface area contributed by atoms with Gasteiger partial charge in [0.25, 0.3) is 5.91 Å². The van der Waals surface area contributed by atoms with Crippen LogP contribution in [0.1, 0.15) is 24.0 Å². The molecule has 2 aromatic rings. The van der Waals surface area contributed by atoms with E-state index in [2.05, 4.69) is 22.0 Å².